The summed E-state index contributed by atoms with van der Waals surface area (Å²) >= 11 is 3.08. The minimum atomic E-state index is -0.556. The molecule has 94 valence electrons. The molecule has 2 atom stereocenters. The molecule has 2 unspecified atom stereocenters. The van der Waals surface area contributed by atoms with E-state index >= 15 is 0 Å². The fourth-order valence-corrected chi connectivity index (χ4v) is 2.56. The Morgan fingerprint density at radius 2 is 2.24 bits per heavy atom. The van der Waals surface area contributed by atoms with Crippen LogP contribution in [0, 0.1) is 11.6 Å². The van der Waals surface area contributed by atoms with Gasteiger partial charge in [0.15, 0.2) is 0 Å². The van der Waals surface area contributed by atoms with Gasteiger partial charge in [0, 0.05) is 12.2 Å². The van der Waals surface area contributed by atoms with Gasteiger partial charge in [-0.15, -0.1) is 0 Å². The molecule has 0 bridgehead atoms. The number of likely N-dealkylation sites (N-methyl/N-ethyl adjacent to an activating group) is 1. The Morgan fingerprint density at radius 3 is 2.82 bits per heavy atom. The molecular weight excluding hydrogens is 292 g/mol. The molecule has 0 amide bonds. The highest BCUT2D eigenvalue weighted by Gasteiger charge is 2.31. The van der Waals surface area contributed by atoms with Crippen molar-refractivity contribution in [2.45, 2.75) is 25.0 Å². The second-order valence-electron chi connectivity index (χ2n) is 4.07. The van der Waals surface area contributed by atoms with E-state index in [0.29, 0.717) is 6.61 Å². The van der Waals surface area contributed by atoms with E-state index in [1.54, 1.807) is 7.05 Å². The van der Waals surface area contributed by atoms with Crippen molar-refractivity contribution in [2.24, 2.45) is 0 Å². The maximum Gasteiger partial charge on any atom is 0.145 e. The number of hydrogen-bond acceptors (Lipinski definition) is 2. The summed E-state index contributed by atoms with van der Waals surface area (Å²) in [6.45, 7) is 0.653. The summed E-state index contributed by atoms with van der Waals surface area (Å²) in [7, 11) is 1.69. The van der Waals surface area contributed by atoms with Crippen molar-refractivity contribution in [3.05, 3.63) is 33.8 Å². The van der Waals surface area contributed by atoms with E-state index in [9.17, 15) is 8.78 Å². The summed E-state index contributed by atoms with van der Waals surface area (Å²) < 4.78 is 33.5. The van der Waals surface area contributed by atoms with Crippen LogP contribution in [0.1, 0.15) is 24.4 Å². The quantitative estimate of drug-likeness (QED) is 0.866. The molecule has 1 saturated heterocycles. The van der Waals surface area contributed by atoms with Crippen LogP contribution in [0.15, 0.2) is 16.6 Å². The third-order valence-corrected chi connectivity index (χ3v) is 3.65. The number of hydrogen-bond donors (Lipinski definition) is 1. The molecule has 0 saturated carbocycles. The van der Waals surface area contributed by atoms with E-state index < -0.39 is 17.7 Å². The van der Waals surface area contributed by atoms with Gasteiger partial charge < -0.3 is 10.1 Å². The van der Waals surface area contributed by atoms with E-state index in [1.807, 2.05) is 0 Å². The van der Waals surface area contributed by atoms with Gasteiger partial charge in [-0.3, -0.25) is 0 Å². The number of benzene rings is 1. The molecule has 1 aromatic rings. The molecule has 2 rings (SSSR count). The first-order valence-electron chi connectivity index (χ1n) is 5.57. The Labute approximate surface area is 107 Å². The van der Waals surface area contributed by atoms with Crippen LogP contribution in [0.5, 0.6) is 0 Å². The van der Waals surface area contributed by atoms with Crippen LogP contribution in [0.2, 0.25) is 0 Å². The Hall–Kier alpha value is -0.520. The molecule has 1 aliphatic heterocycles. The van der Waals surface area contributed by atoms with Gasteiger partial charge in [-0.25, -0.2) is 8.78 Å². The van der Waals surface area contributed by atoms with Crippen molar-refractivity contribution in [2.75, 3.05) is 13.7 Å². The van der Waals surface area contributed by atoms with Gasteiger partial charge in [0.05, 0.1) is 16.6 Å². The molecule has 0 aliphatic carbocycles. The average molecular weight is 306 g/mol. The number of ether oxygens (including phenoxy) is 1. The minimum absolute atomic E-state index is 0.0498. The van der Waals surface area contributed by atoms with Gasteiger partial charge in [-0.05, 0) is 48.0 Å². The van der Waals surface area contributed by atoms with Crippen molar-refractivity contribution >= 4 is 15.9 Å². The largest absolute Gasteiger partial charge is 0.376 e. The molecule has 17 heavy (non-hydrogen) atoms. The van der Waals surface area contributed by atoms with Gasteiger partial charge in [-0.1, -0.05) is 0 Å². The maximum absolute atomic E-state index is 14.0. The lowest BCUT2D eigenvalue weighted by Gasteiger charge is -2.24. The predicted octanol–water partition coefficient (Wildman–Crippen LogP) is 3.17. The van der Waals surface area contributed by atoms with Crippen molar-refractivity contribution in [3.8, 4) is 0 Å². The Balaban J connectivity index is 2.39. The standard InChI is InChI=1S/C12H14BrF2NO/c1-16-12(9-3-2-6-17-9)10-8(14)5-4-7(13)11(10)15/h4-5,9,12,16H,2-3,6H2,1H3. The van der Waals surface area contributed by atoms with E-state index in [0.717, 1.165) is 12.8 Å². The van der Waals surface area contributed by atoms with Crippen molar-refractivity contribution in [1.29, 1.82) is 0 Å². The van der Waals surface area contributed by atoms with Gasteiger partial charge in [0.2, 0.25) is 0 Å². The zero-order chi connectivity index (χ0) is 12.4. The topological polar surface area (TPSA) is 21.3 Å². The maximum atomic E-state index is 14.0. The van der Waals surface area contributed by atoms with Crippen LogP contribution in [0.4, 0.5) is 8.78 Å². The third kappa shape index (κ3) is 2.51. The third-order valence-electron chi connectivity index (χ3n) is 3.04. The molecule has 2 nitrogen and oxygen atoms in total. The highest BCUT2D eigenvalue weighted by atomic mass is 79.9. The van der Waals surface area contributed by atoms with Crippen molar-refractivity contribution < 1.29 is 13.5 Å². The molecule has 1 fully saturated rings. The van der Waals surface area contributed by atoms with Crippen molar-refractivity contribution in [1.82, 2.24) is 5.32 Å². The van der Waals surface area contributed by atoms with E-state index in [4.69, 9.17) is 4.74 Å². The molecule has 0 aromatic heterocycles. The van der Waals surface area contributed by atoms with Gasteiger partial charge >= 0.3 is 0 Å². The summed E-state index contributed by atoms with van der Waals surface area (Å²) in [6, 6.07) is 2.19. The predicted molar refractivity (Wildman–Crippen MR) is 64.8 cm³/mol. The molecule has 0 radical (unpaired) electrons. The first kappa shape index (κ1) is 12.9. The zero-order valence-corrected chi connectivity index (χ0v) is 11.1. The fraction of sp³-hybridized carbons (Fsp3) is 0.500. The molecule has 1 N–H and O–H groups in total. The average Bonchev–Trinajstić information content (AvgIpc) is 2.83. The van der Waals surface area contributed by atoms with Crippen LogP contribution in [0.3, 0.4) is 0 Å². The molecule has 1 heterocycles. The van der Waals surface area contributed by atoms with Gasteiger partial charge in [-0.2, -0.15) is 0 Å². The molecule has 1 aliphatic rings. The summed E-state index contributed by atoms with van der Waals surface area (Å²) in [4.78, 5) is 0. The first-order chi connectivity index (χ1) is 8.15. The van der Waals surface area contributed by atoms with E-state index in [-0.39, 0.29) is 16.1 Å². The summed E-state index contributed by atoms with van der Waals surface area (Å²) in [5.41, 5.74) is 0.0498. The summed E-state index contributed by atoms with van der Waals surface area (Å²) in [6.07, 6.45) is 1.58. The summed E-state index contributed by atoms with van der Waals surface area (Å²) in [5, 5.41) is 2.94. The lowest BCUT2D eigenvalue weighted by atomic mass is 9.98. The number of nitrogens with one attached hydrogen (secondary N) is 1. The fourth-order valence-electron chi connectivity index (χ4n) is 2.21. The van der Waals surface area contributed by atoms with Crippen molar-refractivity contribution in [3.63, 3.8) is 0 Å². The van der Waals surface area contributed by atoms with Crippen LogP contribution < -0.4 is 5.32 Å². The second kappa shape index (κ2) is 5.42. The van der Waals surface area contributed by atoms with Crippen LogP contribution in [-0.2, 0) is 4.74 Å². The highest BCUT2D eigenvalue weighted by Crippen LogP contribution is 2.32. The van der Waals surface area contributed by atoms with Crippen LogP contribution >= 0.6 is 15.9 Å². The smallest absolute Gasteiger partial charge is 0.145 e. The van der Waals surface area contributed by atoms with Crippen LogP contribution in [0.25, 0.3) is 0 Å². The lowest BCUT2D eigenvalue weighted by Crippen LogP contribution is -2.30. The Kier molecular flexibility index (Phi) is 4.12. The first-order valence-corrected chi connectivity index (χ1v) is 6.36. The molecule has 1 aromatic carbocycles. The van der Waals surface area contributed by atoms with Gasteiger partial charge in [0.25, 0.3) is 0 Å². The second-order valence-corrected chi connectivity index (χ2v) is 4.93. The number of rotatable bonds is 3. The minimum Gasteiger partial charge on any atom is -0.376 e. The Morgan fingerprint density at radius 1 is 1.47 bits per heavy atom. The summed E-state index contributed by atoms with van der Waals surface area (Å²) in [5.74, 6) is -1.10. The van der Waals surface area contributed by atoms with E-state index in [1.165, 1.54) is 12.1 Å². The lowest BCUT2D eigenvalue weighted by molar-refractivity contribution is 0.0783. The molecule has 0 spiro atoms. The monoisotopic (exact) mass is 305 g/mol. The zero-order valence-electron chi connectivity index (χ0n) is 9.47. The number of halogens is 3. The molecular formula is C12H14BrF2NO. The Bertz CT molecular complexity index is 408. The van der Waals surface area contributed by atoms with Crippen LogP contribution in [-0.4, -0.2) is 19.8 Å². The highest BCUT2D eigenvalue weighted by molar-refractivity contribution is 9.10. The SMILES string of the molecule is CNC(c1c(F)ccc(Br)c1F)C1CCCO1. The molecule has 5 heteroatoms. The van der Waals surface area contributed by atoms with Gasteiger partial charge in [0.1, 0.15) is 11.6 Å². The normalized spacial score (nSPS) is 21.8. The van der Waals surface area contributed by atoms with E-state index in [2.05, 4.69) is 21.2 Å².